The summed E-state index contributed by atoms with van der Waals surface area (Å²) in [6.45, 7) is 3.48. The number of benzene rings is 2. The Labute approximate surface area is 122 Å². The Balaban J connectivity index is 0.000000219. The van der Waals surface area contributed by atoms with Crippen molar-refractivity contribution in [2.24, 2.45) is 5.14 Å². The lowest BCUT2D eigenvalue weighted by molar-refractivity contribution is 0.567. The molecule has 0 unspecified atom stereocenters. The normalized spacial score (nSPS) is 10.7. The van der Waals surface area contributed by atoms with Gasteiger partial charge in [0.25, 0.3) is 0 Å². The molecule has 7 heteroatoms. The molecule has 4 nitrogen and oxygen atoms in total. The van der Waals surface area contributed by atoms with Gasteiger partial charge in [-0.2, -0.15) is 0 Å². The van der Waals surface area contributed by atoms with Crippen molar-refractivity contribution in [3.63, 3.8) is 0 Å². The number of halogens is 2. The minimum atomic E-state index is -3.93. The van der Waals surface area contributed by atoms with Crippen LogP contribution in [0, 0.1) is 25.5 Å². The zero-order valence-corrected chi connectivity index (χ0v) is 12.4. The van der Waals surface area contributed by atoms with E-state index in [-0.39, 0.29) is 11.5 Å². The molecule has 0 aliphatic carbocycles. The van der Waals surface area contributed by atoms with Gasteiger partial charge in [0.15, 0.2) is 0 Å². The molecule has 0 saturated carbocycles. The van der Waals surface area contributed by atoms with E-state index in [0.717, 1.165) is 17.7 Å². The van der Waals surface area contributed by atoms with E-state index in [0.29, 0.717) is 5.56 Å². The molecule has 0 aliphatic heterocycles. The molecule has 4 N–H and O–H groups in total. The van der Waals surface area contributed by atoms with E-state index < -0.39 is 20.7 Å². The van der Waals surface area contributed by atoms with Crippen molar-refractivity contribution in [1.82, 2.24) is 0 Å². The summed E-state index contributed by atoms with van der Waals surface area (Å²) >= 11 is 0. The van der Waals surface area contributed by atoms with Crippen molar-refractivity contribution in [3.8, 4) is 0 Å². The Kier molecular flexibility index (Phi) is 5.40. The number of aryl methyl sites for hydroxylation is 2. The van der Waals surface area contributed by atoms with Crippen molar-refractivity contribution in [1.29, 1.82) is 0 Å². The molecule has 2 aromatic rings. The van der Waals surface area contributed by atoms with Crippen LogP contribution in [0.2, 0.25) is 0 Å². The monoisotopic (exact) mass is 314 g/mol. The van der Waals surface area contributed by atoms with E-state index >= 15 is 0 Å². The predicted molar refractivity (Wildman–Crippen MR) is 78.1 cm³/mol. The molecule has 2 rings (SSSR count). The van der Waals surface area contributed by atoms with Crippen LogP contribution in [0.3, 0.4) is 0 Å². The third kappa shape index (κ3) is 5.13. The first-order chi connectivity index (χ1) is 9.61. The molecule has 0 fully saturated rings. The zero-order valence-electron chi connectivity index (χ0n) is 11.6. The van der Waals surface area contributed by atoms with Gasteiger partial charge >= 0.3 is 0 Å². The minimum Gasteiger partial charge on any atom is -0.396 e. The first-order valence-corrected chi connectivity index (χ1v) is 7.46. The lowest BCUT2D eigenvalue weighted by atomic mass is 10.2. The molecule has 0 radical (unpaired) electrons. The van der Waals surface area contributed by atoms with Gasteiger partial charge in [-0.15, -0.1) is 0 Å². The summed E-state index contributed by atoms with van der Waals surface area (Å²) in [6, 6.07) is 8.51. The fourth-order valence-electron chi connectivity index (χ4n) is 1.47. The van der Waals surface area contributed by atoms with Crippen LogP contribution in [0.1, 0.15) is 11.1 Å². The van der Waals surface area contributed by atoms with Gasteiger partial charge in [0.05, 0.1) is 5.69 Å². The minimum absolute atomic E-state index is 0.209. The Morgan fingerprint density at radius 2 is 1.38 bits per heavy atom. The second-order valence-corrected chi connectivity index (χ2v) is 6.03. The number of nitrogens with two attached hydrogens (primary N) is 2. The third-order valence-corrected chi connectivity index (χ3v) is 3.49. The molecule has 21 heavy (non-hydrogen) atoms. The second-order valence-electron chi connectivity index (χ2n) is 4.50. The Bertz CT molecular complexity index is 747. The van der Waals surface area contributed by atoms with E-state index in [1.165, 1.54) is 12.1 Å². The van der Waals surface area contributed by atoms with Crippen LogP contribution in [0.5, 0.6) is 0 Å². The summed E-state index contributed by atoms with van der Waals surface area (Å²) in [6.07, 6.45) is 0. The van der Waals surface area contributed by atoms with E-state index in [2.05, 4.69) is 0 Å². The van der Waals surface area contributed by atoms with Gasteiger partial charge in [-0.3, -0.25) is 0 Å². The molecule has 2 aromatic carbocycles. The quantitative estimate of drug-likeness (QED) is 0.793. The molecule has 0 saturated heterocycles. The van der Waals surface area contributed by atoms with Crippen LogP contribution in [0.25, 0.3) is 0 Å². The van der Waals surface area contributed by atoms with Crippen LogP contribution in [0.15, 0.2) is 41.3 Å². The Morgan fingerprint density at radius 1 is 0.905 bits per heavy atom. The highest BCUT2D eigenvalue weighted by atomic mass is 32.2. The van der Waals surface area contributed by atoms with E-state index in [1.54, 1.807) is 19.1 Å². The largest absolute Gasteiger partial charge is 0.396 e. The summed E-state index contributed by atoms with van der Waals surface area (Å²) in [5.41, 5.74) is 6.97. The smallest absolute Gasteiger partial charge is 0.240 e. The summed E-state index contributed by atoms with van der Waals surface area (Å²) in [4.78, 5) is -0.465. The van der Waals surface area contributed by atoms with E-state index in [1.807, 2.05) is 6.92 Å². The van der Waals surface area contributed by atoms with Crippen molar-refractivity contribution in [2.45, 2.75) is 18.7 Å². The Morgan fingerprint density at radius 3 is 1.76 bits per heavy atom. The maximum Gasteiger partial charge on any atom is 0.240 e. The van der Waals surface area contributed by atoms with E-state index in [4.69, 9.17) is 10.9 Å². The maximum atomic E-state index is 12.9. The number of hydrogen-bond donors (Lipinski definition) is 2. The summed E-state index contributed by atoms with van der Waals surface area (Å²) in [5.74, 6) is -1.15. The second kappa shape index (κ2) is 6.64. The van der Waals surface area contributed by atoms with Gasteiger partial charge in [0, 0.05) is 0 Å². The SMILES string of the molecule is Cc1ccc(N)c(F)c1.Cc1ccc(S(N)(=O)=O)c(F)c1. The van der Waals surface area contributed by atoms with Gasteiger partial charge in [-0.05, 0) is 49.2 Å². The van der Waals surface area contributed by atoms with Crippen LogP contribution >= 0.6 is 0 Å². The number of rotatable bonds is 1. The molecule has 0 heterocycles. The van der Waals surface area contributed by atoms with Gasteiger partial charge in [-0.1, -0.05) is 12.1 Å². The van der Waals surface area contributed by atoms with Gasteiger partial charge in [-0.25, -0.2) is 22.3 Å². The highest BCUT2D eigenvalue weighted by Gasteiger charge is 2.12. The average Bonchev–Trinajstić information content (AvgIpc) is 2.33. The molecular weight excluding hydrogens is 298 g/mol. The fraction of sp³-hybridized carbons (Fsp3) is 0.143. The number of anilines is 1. The van der Waals surface area contributed by atoms with Crippen LogP contribution in [0.4, 0.5) is 14.5 Å². The average molecular weight is 314 g/mol. The van der Waals surface area contributed by atoms with Crippen molar-refractivity contribution >= 4 is 15.7 Å². The topological polar surface area (TPSA) is 86.2 Å². The standard InChI is InChI=1S/C7H8FNO2S.C7H8FN/c1-5-2-3-7(6(8)4-5)12(9,10)11;1-5-2-3-7(9)6(8)4-5/h2-4H,1H3,(H2,9,10,11);2-4H,9H2,1H3. The number of primary sulfonamides is 1. The highest BCUT2D eigenvalue weighted by molar-refractivity contribution is 7.89. The highest BCUT2D eigenvalue weighted by Crippen LogP contribution is 2.13. The lowest BCUT2D eigenvalue weighted by Gasteiger charge is -1.99. The molecule has 0 spiro atoms. The summed E-state index contributed by atoms with van der Waals surface area (Å²) in [7, 11) is -3.93. The Hall–Kier alpha value is -1.99. The predicted octanol–water partition coefficient (Wildman–Crippen LogP) is 2.50. The van der Waals surface area contributed by atoms with Crippen molar-refractivity contribution in [3.05, 3.63) is 59.2 Å². The number of nitrogen functional groups attached to an aromatic ring is 1. The maximum absolute atomic E-state index is 12.9. The molecule has 114 valence electrons. The van der Waals surface area contributed by atoms with E-state index in [9.17, 15) is 17.2 Å². The van der Waals surface area contributed by atoms with Gasteiger partial charge in [0.2, 0.25) is 10.0 Å². The van der Waals surface area contributed by atoms with Crippen molar-refractivity contribution < 1.29 is 17.2 Å². The molecule has 0 bridgehead atoms. The molecule has 0 atom stereocenters. The molecule has 0 aromatic heterocycles. The summed E-state index contributed by atoms with van der Waals surface area (Å²) in [5, 5.41) is 4.74. The van der Waals surface area contributed by atoms with Gasteiger partial charge < -0.3 is 5.73 Å². The lowest BCUT2D eigenvalue weighted by Crippen LogP contribution is -2.13. The first kappa shape index (κ1) is 17.1. The van der Waals surface area contributed by atoms with Crippen LogP contribution < -0.4 is 10.9 Å². The number of hydrogen-bond acceptors (Lipinski definition) is 3. The molecular formula is C14H16F2N2O2S. The zero-order chi connectivity index (χ0) is 16.2. The molecule has 0 amide bonds. The van der Waals surface area contributed by atoms with Gasteiger partial charge in [0.1, 0.15) is 16.5 Å². The van der Waals surface area contributed by atoms with Crippen LogP contribution in [-0.2, 0) is 10.0 Å². The summed E-state index contributed by atoms with van der Waals surface area (Å²) < 4.78 is 46.7. The third-order valence-electron chi connectivity index (χ3n) is 2.55. The van der Waals surface area contributed by atoms with Crippen LogP contribution in [-0.4, -0.2) is 8.42 Å². The fourth-order valence-corrected chi connectivity index (χ4v) is 2.06. The first-order valence-electron chi connectivity index (χ1n) is 5.92. The molecule has 0 aliphatic rings. The van der Waals surface area contributed by atoms with Crippen molar-refractivity contribution in [2.75, 3.05) is 5.73 Å². The number of sulfonamides is 1.